The summed E-state index contributed by atoms with van der Waals surface area (Å²) < 4.78 is 10.8. The van der Waals surface area contributed by atoms with E-state index in [1.165, 1.54) is 36.1 Å². The average molecular weight is 283 g/mol. The Kier molecular flexibility index (Phi) is 4.00. The van der Waals surface area contributed by atoms with Gasteiger partial charge in [-0.1, -0.05) is 18.2 Å². The van der Waals surface area contributed by atoms with Gasteiger partial charge in [0.15, 0.2) is 11.5 Å². The van der Waals surface area contributed by atoms with Gasteiger partial charge in [0.25, 0.3) is 0 Å². The lowest BCUT2D eigenvalue weighted by Gasteiger charge is -2.14. The average Bonchev–Trinajstić information content (AvgIpc) is 2.99. The van der Waals surface area contributed by atoms with Crippen LogP contribution in [0, 0.1) is 0 Å². The second kappa shape index (κ2) is 6.08. The van der Waals surface area contributed by atoms with Crippen molar-refractivity contribution in [2.45, 2.75) is 25.8 Å². The Morgan fingerprint density at radius 1 is 1.00 bits per heavy atom. The number of ether oxygens (including phenoxy) is 2. The van der Waals surface area contributed by atoms with Crippen LogP contribution in [0.2, 0.25) is 0 Å². The second-order valence-electron chi connectivity index (χ2n) is 5.34. The smallest absolute Gasteiger partial charge is 0.165 e. The Hall–Kier alpha value is -2.16. The standard InChI is InChI=1S/C18H21NO2/c1-20-17-8-4-7-15(18(17)21-2)12-19-16-10-9-13-5-3-6-14(13)11-16/h4,7-11,19H,3,5-6,12H2,1-2H3. The van der Waals surface area contributed by atoms with Gasteiger partial charge in [-0.3, -0.25) is 0 Å². The zero-order valence-electron chi connectivity index (χ0n) is 12.6. The van der Waals surface area contributed by atoms with E-state index in [1.54, 1.807) is 14.2 Å². The van der Waals surface area contributed by atoms with E-state index >= 15 is 0 Å². The molecule has 0 amide bonds. The first-order valence-electron chi connectivity index (χ1n) is 7.37. The number of benzene rings is 2. The topological polar surface area (TPSA) is 30.5 Å². The zero-order valence-corrected chi connectivity index (χ0v) is 12.6. The van der Waals surface area contributed by atoms with Crippen molar-refractivity contribution in [3.8, 4) is 11.5 Å². The molecule has 0 aliphatic heterocycles. The van der Waals surface area contributed by atoms with Crippen molar-refractivity contribution in [2.24, 2.45) is 0 Å². The van der Waals surface area contributed by atoms with E-state index < -0.39 is 0 Å². The summed E-state index contributed by atoms with van der Waals surface area (Å²) in [6.07, 6.45) is 3.70. The van der Waals surface area contributed by atoms with Gasteiger partial charge >= 0.3 is 0 Å². The molecule has 0 saturated heterocycles. The molecule has 1 aliphatic rings. The normalized spacial score (nSPS) is 12.9. The summed E-state index contributed by atoms with van der Waals surface area (Å²) in [5.74, 6) is 1.57. The van der Waals surface area contributed by atoms with Crippen LogP contribution in [0.15, 0.2) is 36.4 Å². The lowest BCUT2D eigenvalue weighted by atomic mass is 10.1. The first-order valence-corrected chi connectivity index (χ1v) is 7.37. The van der Waals surface area contributed by atoms with Crippen LogP contribution in [-0.2, 0) is 19.4 Å². The molecule has 2 aromatic carbocycles. The van der Waals surface area contributed by atoms with Crippen molar-refractivity contribution >= 4 is 5.69 Å². The molecule has 0 fully saturated rings. The number of hydrogen-bond donors (Lipinski definition) is 1. The Labute approximate surface area is 125 Å². The highest BCUT2D eigenvalue weighted by Gasteiger charge is 2.12. The number of fused-ring (bicyclic) bond motifs is 1. The van der Waals surface area contributed by atoms with E-state index in [4.69, 9.17) is 9.47 Å². The van der Waals surface area contributed by atoms with Crippen molar-refractivity contribution in [1.82, 2.24) is 0 Å². The molecule has 1 N–H and O–H groups in total. The Balaban J connectivity index is 1.76. The molecule has 0 bridgehead atoms. The van der Waals surface area contributed by atoms with E-state index in [0.29, 0.717) is 0 Å². The van der Waals surface area contributed by atoms with E-state index in [2.05, 4.69) is 29.6 Å². The number of hydrogen-bond acceptors (Lipinski definition) is 3. The molecular formula is C18H21NO2. The summed E-state index contributed by atoms with van der Waals surface area (Å²) in [5, 5.41) is 3.48. The summed E-state index contributed by atoms with van der Waals surface area (Å²) in [4.78, 5) is 0. The minimum Gasteiger partial charge on any atom is -0.493 e. The van der Waals surface area contributed by atoms with E-state index in [-0.39, 0.29) is 0 Å². The fourth-order valence-corrected chi connectivity index (χ4v) is 2.97. The number of nitrogens with one attached hydrogen (secondary N) is 1. The molecule has 0 spiro atoms. The molecule has 3 rings (SSSR count). The van der Waals surface area contributed by atoms with Crippen LogP contribution in [0.5, 0.6) is 11.5 Å². The molecule has 3 heteroatoms. The molecule has 0 atom stereocenters. The lowest BCUT2D eigenvalue weighted by Crippen LogP contribution is -2.03. The molecule has 2 aromatic rings. The molecule has 0 aromatic heterocycles. The Morgan fingerprint density at radius 2 is 1.86 bits per heavy atom. The van der Waals surface area contributed by atoms with E-state index in [9.17, 15) is 0 Å². The minimum absolute atomic E-state index is 0.721. The third-order valence-corrected chi connectivity index (χ3v) is 4.07. The third-order valence-electron chi connectivity index (χ3n) is 4.07. The first kappa shape index (κ1) is 13.8. The van der Waals surface area contributed by atoms with Crippen LogP contribution >= 0.6 is 0 Å². The van der Waals surface area contributed by atoms with Gasteiger partial charge in [-0.25, -0.2) is 0 Å². The third kappa shape index (κ3) is 2.82. The van der Waals surface area contributed by atoms with Crippen LogP contribution < -0.4 is 14.8 Å². The summed E-state index contributed by atoms with van der Waals surface area (Å²) in [6.45, 7) is 0.721. The quantitative estimate of drug-likeness (QED) is 0.905. The number of aryl methyl sites for hydroxylation is 2. The predicted octanol–water partition coefficient (Wildman–Crippen LogP) is 3.80. The molecule has 0 radical (unpaired) electrons. The Bertz CT molecular complexity index is 637. The van der Waals surface area contributed by atoms with Crippen LogP contribution in [0.4, 0.5) is 5.69 Å². The number of para-hydroxylation sites is 1. The molecule has 3 nitrogen and oxygen atoms in total. The summed E-state index contributed by atoms with van der Waals surface area (Å²) in [6, 6.07) is 12.6. The van der Waals surface area contributed by atoms with Crippen molar-refractivity contribution in [3.05, 3.63) is 53.1 Å². The SMILES string of the molecule is COc1cccc(CNc2ccc3c(c2)CCC3)c1OC. The van der Waals surface area contributed by atoms with Gasteiger partial charge in [-0.2, -0.15) is 0 Å². The molecule has 110 valence electrons. The highest BCUT2D eigenvalue weighted by atomic mass is 16.5. The summed E-state index contributed by atoms with van der Waals surface area (Å²) >= 11 is 0. The second-order valence-corrected chi connectivity index (χ2v) is 5.34. The maximum Gasteiger partial charge on any atom is 0.165 e. The predicted molar refractivity (Wildman–Crippen MR) is 85.3 cm³/mol. The van der Waals surface area contributed by atoms with Crippen molar-refractivity contribution in [3.63, 3.8) is 0 Å². The molecule has 0 heterocycles. The van der Waals surface area contributed by atoms with Gasteiger partial charge < -0.3 is 14.8 Å². The largest absolute Gasteiger partial charge is 0.493 e. The number of rotatable bonds is 5. The van der Waals surface area contributed by atoms with Gasteiger partial charge in [-0.15, -0.1) is 0 Å². The first-order chi connectivity index (χ1) is 10.3. The molecular weight excluding hydrogens is 262 g/mol. The molecule has 0 unspecified atom stereocenters. The maximum atomic E-state index is 5.46. The van der Waals surface area contributed by atoms with Gasteiger partial charge in [0.05, 0.1) is 14.2 Å². The van der Waals surface area contributed by atoms with Crippen LogP contribution in [-0.4, -0.2) is 14.2 Å². The van der Waals surface area contributed by atoms with Gasteiger partial charge in [0, 0.05) is 17.8 Å². The summed E-state index contributed by atoms with van der Waals surface area (Å²) in [5.41, 5.74) is 5.25. The molecule has 0 saturated carbocycles. The van der Waals surface area contributed by atoms with Crippen LogP contribution in [0.25, 0.3) is 0 Å². The maximum absolute atomic E-state index is 5.46. The highest BCUT2D eigenvalue weighted by Crippen LogP contribution is 2.31. The number of anilines is 1. The molecule has 21 heavy (non-hydrogen) atoms. The van der Waals surface area contributed by atoms with Gasteiger partial charge in [-0.05, 0) is 48.6 Å². The van der Waals surface area contributed by atoms with E-state index in [1.807, 2.05) is 12.1 Å². The van der Waals surface area contributed by atoms with E-state index in [0.717, 1.165) is 23.6 Å². The monoisotopic (exact) mass is 283 g/mol. The minimum atomic E-state index is 0.721. The summed E-state index contributed by atoms with van der Waals surface area (Å²) in [7, 11) is 3.34. The van der Waals surface area contributed by atoms with Crippen LogP contribution in [0.1, 0.15) is 23.1 Å². The fourth-order valence-electron chi connectivity index (χ4n) is 2.97. The number of methoxy groups -OCH3 is 2. The van der Waals surface area contributed by atoms with Crippen molar-refractivity contribution < 1.29 is 9.47 Å². The van der Waals surface area contributed by atoms with Gasteiger partial charge in [0.2, 0.25) is 0 Å². The van der Waals surface area contributed by atoms with Crippen molar-refractivity contribution in [2.75, 3.05) is 19.5 Å². The lowest BCUT2D eigenvalue weighted by molar-refractivity contribution is 0.352. The highest BCUT2D eigenvalue weighted by molar-refractivity contribution is 5.52. The van der Waals surface area contributed by atoms with Crippen LogP contribution in [0.3, 0.4) is 0 Å². The zero-order chi connectivity index (χ0) is 14.7. The Morgan fingerprint density at radius 3 is 2.67 bits per heavy atom. The molecule has 1 aliphatic carbocycles. The fraction of sp³-hybridized carbons (Fsp3) is 0.333. The van der Waals surface area contributed by atoms with Gasteiger partial charge in [0.1, 0.15) is 0 Å². The van der Waals surface area contributed by atoms with Crippen molar-refractivity contribution in [1.29, 1.82) is 0 Å².